The van der Waals surface area contributed by atoms with Crippen LogP contribution in [-0.4, -0.2) is 46.4 Å². The van der Waals surface area contributed by atoms with Gasteiger partial charge in [0, 0.05) is 12.5 Å². The lowest BCUT2D eigenvalue weighted by Crippen LogP contribution is -2.56. The maximum absolute atomic E-state index is 12.8. The largest absolute Gasteiger partial charge is 0.508 e. The lowest BCUT2D eigenvalue weighted by atomic mass is 9.87. The maximum atomic E-state index is 12.8. The molecular formula is C24H25NO7. The van der Waals surface area contributed by atoms with Crippen LogP contribution in [0.2, 0.25) is 0 Å². The van der Waals surface area contributed by atoms with E-state index in [4.69, 9.17) is 14.2 Å². The minimum atomic E-state index is -1.11. The van der Waals surface area contributed by atoms with E-state index in [2.05, 4.69) is 0 Å². The number of ether oxygens (including phenoxy) is 3. The van der Waals surface area contributed by atoms with E-state index in [1.54, 1.807) is 0 Å². The molecule has 2 fully saturated rings. The molecule has 2 aromatic carbocycles. The van der Waals surface area contributed by atoms with Crippen LogP contribution < -0.4 is 0 Å². The van der Waals surface area contributed by atoms with E-state index in [0.717, 1.165) is 11.1 Å². The highest BCUT2D eigenvalue weighted by molar-refractivity contribution is 5.76. The molecule has 0 aliphatic carbocycles. The van der Waals surface area contributed by atoms with Crippen LogP contribution in [0, 0.1) is 5.92 Å². The first kappa shape index (κ1) is 21.7. The Balaban J connectivity index is 1.38. The lowest BCUT2D eigenvalue weighted by molar-refractivity contribution is -0.152. The van der Waals surface area contributed by atoms with Gasteiger partial charge < -0.3 is 24.2 Å². The number of fused-ring (bicyclic) bond motifs is 2. The molecule has 4 atom stereocenters. The Hall–Kier alpha value is -3.55. The molecule has 2 aliphatic heterocycles. The molecule has 0 unspecified atom stereocenters. The van der Waals surface area contributed by atoms with Crippen LogP contribution in [0.1, 0.15) is 30.4 Å². The van der Waals surface area contributed by atoms with Crippen molar-refractivity contribution in [3.8, 4) is 0 Å². The zero-order valence-corrected chi connectivity index (χ0v) is 17.5. The summed E-state index contributed by atoms with van der Waals surface area (Å²) >= 11 is 0. The van der Waals surface area contributed by atoms with Crippen LogP contribution in [-0.2, 0) is 32.2 Å². The van der Waals surface area contributed by atoms with Crippen LogP contribution in [0.25, 0.3) is 0 Å². The number of nitrogens with zero attached hydrogens (tertiary/aromatic N) is 1. The van der Waals surface area contributed by atoms with Crippen molar-refractivity contribution >= 4 is 18.2 Å². The molecule has 168 valence electrons. The summed E-state index contributed by atoms with van der Waals surface area (Å²) in [5, 5.41) is 9.85. The zero-order chi connectivity index (χ0) is 22.5. The predicted molar refractivity (Wildman–Crippen MR) is 113 cm³/mol. The minimum Gasteiger partial charge on any atom is -0.481 e. The number of benzene rings is 2. The number of carboxylic acids is 1. The third-order valence-electron chi connectivity index (χ3n) is 6.01. The Morgan fingerprint density at radius 2 is 1.47 bits per heavy atom. The van der Waals surface area contributed by atoms with E-state index in [0.29, 0.717) is 12.8 Å². The van der Waals surface area contributed by atoms with Gasteiger partial charge in [-0.25, -0.2) is 9.59 Å². The molecule has 32 heavy (non-hydrogen) atoms. The minimum absolute atomic E-state index is 0.0366. The van der Waals surface area contributed by atoms with Crippen molar-refractivity contribution in [3.63, 3.8) is 0 Å². The molecule has 8 heteroatoms. The standard InChI is InChI=1S/C24H25NO7/c26-22(27)21-19-12-11-18(25(19)23(28)30-14-16-7-3-1-4-8-16)13-20(21)32-24(29)31-15-17-9-5-2-6-10-17/h1-10,18-21H,11-15H2,(H,26,27)/t18-,19+,20-,21+/m0/s1. The van der Waals surface area contributed by atoms with Crippen molar-refractivity contribution in [2.75, 3.05) is 0 Å². The molecule has 2 aromatic rings. The summed E-state index contributed by atoms with van der Waals surface area (Å²) < 4.78 is 16.0. The van der Waals surface area contributed by atoms with Gasteiger partial charge in [-0.1, -0.05) is 60.7 Å². The number of rotatable bonds is 6. The van der Waals surface area contributed by atoms with Crippen molar-refractivity contribution in [1.29, 1.82) is 0 Å². The van der Waals surface area contributed by atoms with Gasteiger partial charge in [0.15, 0.2) is 0 Å². The molecule has 0 aromatic heterocycles. The topological polar surface area (TPSA) is 102 Å². The monoisotopic (exact) mass is 439 g/mol. The summed E-state index contributed by atoms with van der Waals surface area (Å²) in [7, 11) is 0. The number of hydrogen-bond acceptors (Lipinski definition) is 6. The number of aliphatic carboxylic acids is 1. The quantitative estimate of drug-likeness (QED) is 0.679. The Morgan fingerprint density at radius 3 is 2.06 bits per heavy atom. The molecule has 4 rings (SSSR count). The van der Waals surface area contributed by atoms with E-state index in [1.165, 1.54) is 4.90 Å². The summed E-state index contributed by atoms with van der Waals surface area (Å²) in [4.78, 5) is 38.5. The molecule has 0 radical (unpaired) electrons. The molecule has 2 heterocycles. The Morgan fingerprint density at radius 1 is 0.875 bits per heavy atom. The number of carboxylic acid groups (broad SMARTS) is 1. The van der Waals surface area contributed by atoms with Crippen molar-refractivity contribution < 1.29 is 33.7 Å². The molecule has 0 saturated carbocycles. The second-order valence-electron chi connectivity index (χ2n) is 8.03. The predicted octanol–water partition coefficient (Wildman–Crippen LogP) is 3.98. The van der Waals surface area contributed by atoms with Crippen molar-refractivity contribution in [3.05, 3.63) is 71.8 Å². The fraction of sp³-hybridized carbons (Fsp3) is 0.375. The van der Waals surface area contributed by atoms with Crippen molar-refractivity contribution in [1.82, 2.24) is 4.90 Å². The smallest absolute Gasteiger partial charge is 0.481 e. The van der Waals surface area contributed by atoms with Gasteiger partial charge in [0.25, 0.3) is 0 Å². The van der Waals surface area contributed by atoms with Gasteiger partial charge >= 0.3 is 18.2 Å². The van der Waals surface area contributed by atoms with Crippen LogP contribution in [0.4, 0.5) is 9.59 Å². The summed E-state index contributed by atoms with van der Waals surface area (Å²) in [5.41, 5.74) is 1.65. The van der Waals surface area contributed by atoms with Crippen molar-refractivity contribution in [2.24, 2.45) is 5.92 Å². The van der Waals surface area contributed by atoms with Gasteiger partial charge in [0.05, 0.1) is 6.04 Å². The molecule has 2 aliphatic rings. The Bertz CT molecular complexity index is 949. The Kier molecular flexibility index (Phi) is 6.58. The highest BCUT2D eigenvalue weighted by Crippen LogP contribution is 2.41. The number of piperidine rings is 1. The average Bonchev–Trinajstić information content (AvgIpc) is 3.11. The van der Waals surface area contributed by atoms with Gasteiger partial charge in [-0.2, -0.15) is 0 Å². The molecular weight excluding hydrogens is 414 g/mol. The first-order valence-corrected chi connectivity index (χ1v) is 10.6. The molecule has 1 amide bonds. The van der Waals surface area contributed by atoms with Crippen LogP contribution in [0.15, 0.2) is 60.7 Å². The first-order valence-electron chi connectivity index (χ1n) is 10.6. The second kappa shape index (κ2) is 9.72. The van der Waals surface area contributed by atoms with Crippen LogP contribution in [0.3, 0.4) is 0 Å². The Labute approximate surface area is 185 Å². The molecule has 8 nitrogen and oxygen atoms in total. The number of hydrogen-bond donors (Lipinski definition) is 1. The van der Waals surface area contributed by atoms with Crippen LogP contribution >= 0.6 is 0 Å². The third-order valence-corrected chi connectivity index (χ3v) is 6.01. The average molecular weight is 439 g/mol. The van der Waals surface area contributed by atoms with E-state index in [-0.39, 0.29) is 25.7 Å². The normalized spacial score (nSPS) is 23.9. The molecule has 0 spiro atoms. The number of amides is 1. The first-order chi connectivity index (χ1) is 15.5. The summed E-state index contributed by atoms with van der Waals surface area (Å²) in [5.74, 6) is -2.15. The number of carbonyl (C=O) groups is 3. The maximum Gasteiger partial charge on any atom is 0.508 e. The van der Waals surface area contributed by atoms with Gasteiger partial charge in [0.1, 0.15) is 25.2 Å². The van der Waals surface area contributed by atoms with Crippen LogP contribution in [0.5, 0.6) is 0 Å². The molecule has 1 N–H and O–H groups in total. The van der Waals surface area contributed by atoms with Crippen molar-refractivity contribution in [2.45, 2.75) is 50.7 Å². The van der Waals surface area contributed by atoms with Gasteiger partial charge in [-0.05, 0) is 24.0 Å². The summed E-state index contributed by atoms with van der Waals surface area (Å²) in [6.07, 6.45) is -0.947. The van der Waals surface area contributed by atoms with E-state index < -0.39 is 36.3 Å². The lowest BCUT2D eigenvalue weighted by Gasteiger charge is -2.41. The number of carbonyl (C=O) groups excluding carboxylic acids is 2. The second-order valence-corrected chi connectivity index (χ2v) is 8.03. The zero-order valence-electron chi connectivity index (χ0n) is 17.5. The third kappa shape index (κ3) is 4.85. The highest BCUT2D eigenvalue weighted by atomic mass is 16.7. The van der Waals surface area contributed by atoms with Gasteiger partial charge in [-0.3, -0.25) is 4.79 Å². The summed E-state index contributed by atoms with van der Waals surface area (Å²) in [6.45, 7) is 0.147. The molecule has 2 bridgehead atoms. The SMILES string of the molecule is O=C(OCc1ccccc1)O[C@H]1C[C@@H]2CC[C@H]([C@H]1C(=O)O)N2C(=O)OCc1ccccc1. The molecule has 2 saturated heterocycles. The summed E-state index contributed by atoms with van der Waals surface area (Å²) in [6, 6.07) is 17.6. The fourth-order valence-electron chi connectivity index (χ4n) is 4.56. The van der Waals surface area contributed by atoms with Gasteiger partial charge in [0.2, 0.25) is 0 Å². The van der Waals surface area contributed by atoms with E-state index in [1.807, 2.05) is 60.7 Å². The highest BCUT2D eigenvalue weighted by Gasteiger charge is 2.54. The van der Waals surface area contributed by atoms with Gasteiger partial charge in [-0.15, -0.1) is 0 Å². The van der Waals surface area contributed by atoms with E-state index >= 15 is 0 Å². The fourth-order valence-corrected chi connectivity index (χ4v) is 4.56. The van der Waals surface area contributed by atoms with E-state index in [9.17, 15) is 19.5 Å².